The Morgan fingerprint density at radius 3 is 2.68 bits per heavy atom. The summed E-state index contributed by atoms with van der Waals surface area (Å²) in [6.07, 6.45) is 1.09. The van der Waals surface area contributed by atoms with E-state index in [9.17, 15) is 9.59 Å². The summed E-state index contributed by atoms with van der Waals surface area (Å²) in [5, 5.41) is 2.69. The van der Waals surface area contributed by atoms with Crippen molar-refractivity contribution in [3.63, 3.8) is 0 Å². The first kappa shape index (κ1) is 13.5. The van der Waals surface area contributed by atoms with Crippen molar-refractivity contribution in [1.29, 1.82) is 0 Å². The Kier molecular flexibility index (Phi) is 4.52. The molecule has 0 bridgehead atoms. The predicted octanol–water partition coefficient (Wildman–Crippen LogP) is 1.20. The Morgan fingerprint density at radius 2 is 2.11 bits per heavy atom. The SMILES string of the molecule is COC(=O)C(NC(=O)C1CCCO1)c1ccccc1. The Labute approximate surface area is 111 Å². The zero-order valence-corrected chi connectivity index (χ0v) is 10.8. The van der Waals surface area contributed by atoms with E-state index >= 15 is 0 Å². The number of carbonyl (C=O) groups is 2. The van der Waals surface area contributed by atoms with Crippen molar-refractivity contribution in [2.75, 3.05) is 13.7 Å². The van der Waals surface area contributed by atoms with Gasteiger partial charge in [-0.3, -0.25) is 4.79 Å². The molecule has 5 heteroatoms. The van der Waals surface area contributed by atoms with E-state index in [4.69, 9.17) is 9.47 Å². The Morgan fingerprint density at radius 1 is 1.37 bits per heavy atom. The maximum Gasteiger partial charge on any atom is 0.333 e. The van der Waals surface area contributed by atoms with Gasteiger partial charge in [-0.15, -0.1) is 0 Å². The zero-order valence-electron chi connectivity index (χ0n) is 10.8. The van der Waals surface area contributed by atoms with Crippen LogP contribution in [0.4, 0.5) is 0 Å². The molecule has 1 N–H and O–H groups in total. The van der Waals surface area contributed by atoms with Gasteiger partial charge < -0.3 is 14.8 Å². The van der Waals surface area contributed by atoms with Crippen LogP contribution in [0.15, 0.2) is 30.3 Å². The molecule has 5 nitrogen and oxygen atoms in total. The van der Waals surface area contributed by atoms with Crippen LogP contribution in [0.5, 0.6) is 0 Å². The molecule has 2 rings (SSSR count). The highest BCUT2D eigenvalue weighted by Crippen LogP contribution is 2.17. The van der Waals surface area contributed by atoms with Crippen molar-refractivity contribution >= 4 is 11.9 Å². The maximum atomic E-state index is 12.0. The van der Waals surface area contributed by atoms with E-state index in [1.807, 2.05) is 18.2 Å². The van der Waals surface area contributed by atoms with Crippen LogP contribution in [-0.4, -0.2) is 31.7 Å². The normalized spacial score (nSPS) is 19.7. The van der Waals surface area contributed by atoms with E-state index < -0.39 is 18.1 Å². The number of esters is 1. The van der Waals surface area contributed by atoms with Crippen molar-refractivity contribution in [1.82, 2.24) is 5.32 Å². The molecule has 0 aromatic heterocycles. The number of rotatable bonds is 4. The number of hydrogen-bond donors (Lipinski definition) is 1. The van der Waals surface area contributed by atoms with Gasteiger partial charge in [0.05, 0.1) is 7.11 Å². The lowest BCUT2D eigenvalue weighted by Crippen LogP contribution is -2.40. The van der Waals surface area contributed by atoms with Crippen molar-refractivity contribution in [3.05, 3.63) is 35.9 Å². The molecule has 0 spiro atoms. The van der Waals surface area contributed by atoms with Crippen molar-refractivity contribution in [3.8, 4) is 0 Å². The molecule has 0 radical (unpaired) electrons. The number of nitrogens with one attached hydrogen (secondary N) is 1. The molecular formula is C14H17NO4. The van der Waals surface area contributed by atoms with Crippen LogP contribution in [0.2, 0.25) is 0 Å². The second-order valence-corrected chi connectivity index (χ2v) is 4.38. The van der Waals surface area contributed by atoms with E-state index in [-0.39, 0.29) is 5.91 Å². The summed E-state index contributed by atoms with van der Waals surface area (Å²) < 4.78 is 10.0. The van der Waals surface area contributed by atoms with Gasteiger partial charge in [-0.1, -0.05) is 30.3 Å². The van der Waals surface area contributed by atoms with Crippen LogP contribution < -0.4 is 5.32 Å². The molecule has 1 amide bonds. The molecule has 1 aromatic rings. The second kappa shape index (κ2) is 6.33. The molecule has 0 aliphatic carbocycles. The number of methoxy groups -OCH3 is 1. The maximum absolute atomic E-state index is 12.0. The van der Waals surface area contributed by atoms with E-state index in [2.05, 4.69) is 5.32 Å². The van der Waals surface area contributed by atoms with Crippen LogP contribution in [-0.2, 0) is 19.1 Å². The van der Waals surface area contributed by atoms with Gasteiger partial charge in [-0.2, -0.15) is 0 Å². The summed E-state index contributed by atoms with van der Waals surface area (Å²) in [4.78, 5) is 23.8. The van der Waals surface area contributed by atoms with Gasteiger partial charge in [0.2, 0.25) is 5.91 Å². The zero-order chi connectivity index (χ0) is 13.7. The van der Waals surface area contributed by atoms with Gasteiger partial charge in [0.15, 0.2) is 6.04 Å². The number of benzene rings is 1. The highest BCUT2D eigenvalue weighted by atomic mass is 16.5. The largest absolute Gasteiger partial charge is 0.467 e. The molecule has 2 atom stereocenters. The third kappa shape index (κ3) is 3.32. The summed E-state index contributed by atoms with van der Waals surface area (Å²) in [6.45, 7) is 0.590. The highest BCUT2D eigenvalue weighted by Gasteiger charge is 2.29. The average Bonchev–Trinajstić information content (AvgIpc) is 2.99. The number of carbonyl (C=O) groups excluding carboxylic acids is 2. The molecule has 1 fully saturated rings. The minimum atomic E-state index is -0.789. The highest BCUT2D eigenvalue weighted by molar-refractivity contribution is 5.87. The molecule has 2 unspecified atom stereocenters. The van der Waals surface area contributed by atoms with Gasteiger partial charge in [-0.05, 0) is 18.4 Å². The Balaban J connectivity index is 2.10. The van der Waals surface area contributed by atoms with Crippen molar-refractivity contribution in [2.24, 2.45) is 0 Å². The van der Waals surface area contributed by atoms with Gasteiger partial charge in [-0.25, -0.2) is 4.79 Å². The first-order chi connectivity index (χ1) is 9.22. The third-order valence-electron chi connectivity index (χ3n) is 3.08. The average molecular weight is 263 g/mol. The lowest BCUT2D eigenvalue weighted by atomic mass is 10.1. The van der Waals surface area contributed by atoms with E-state index in [0.717, 1.165) is 6.42 Å². The fourth-order valence-electron chi connectivity index (χ4n) is 2.06. The van der Waals surface area contributed by atoms with E-state index in [1.165, 1.54) is 7.11 Å². The predicted molar refractivity (Wildman–Crippen MR) is 68.3 cm³/mol. The lowest BCUT2D eigenvalue weighted by molar-refractivity contribution is -0.146. The molecular weight excluding hydrogens is 246 g/mol. The van der Waals surface area contributed by atoms with Crippen LogP contribution in [0.25, 0.3) is 0 Å². The fraction of sp³-hybridized carbons (Fsp3) is 0.429. The van der Waals surface area contributed by atoms with Gasteiger partial charge in [0.25, 0.3) is 0 Å². The van der Waals surface area contributed by atoms with Crippen molar-refractivity contribution < 1.29 is 19.1 Å². The van der Waals surface area contributed by atoms with E-state index in [1.54, 1.807) is 12.1 Å². The number of hydrogen-bond acceptors (Lipinski definition) is 4. The monoisotopic (exact) mass is 263 g/mol. The quantitative estimate of drug-likeness (QED) is 0.829. The van der Waals surface area contributed by atoms with Gasteiger partial charge in [0.1, 0.15) is 6.10 Å². The molecule has 102 valence electrons. The molecule has 1 aliphatic rings. The van der Waals surface area contributed by atoms with Gasteiger partial charge >= 0.3 is 5.97 Å². The van der Waals surface area contributed by atoms with Crippen LogP contribution in [0, 0.1) is 0 Å². The smallest absolute Gasteiger partial charge is 0.333 e. The summed E-state index contributed by atoms with van der Waals surface area (Å²) in [5.41, 5.74) is 0.695. The minimum absolute atomic E-state index is 0.267. The fourth-order valence-corrected chi connectivity index (χ4v) is 2.06. The first-order valence-electron chi connectivity index (χ1n) is 6.27. The Bertz CT molecular complexity index is 440. The third-order valence-corrected chi connectivity index (χ3v) is 3.08. The van der Waals surface area contributed by atoms with Gasteiger partial charge in [0, 0.05) is 6.61 Å². The molecule has 1 aromatic carbocycles. The van der Waals surface area contributed by atoms with E-state index in [0.29, 0.717) is 18.6 Å². The van der Waals surface area contributed by atoms with Crippen molar-refractivity contribution in [2.45, 2.75) is 25.0 Å². The lowest BCUT2D eigenvalue weighted by Gasteiger charge is -2.18. The topological polar surface area (TPSA) is 64.6 Å². The summed E-state index contributed by atoms with van der Waals surface area (Å²) in [7, 11) is 1.30. The number of ether oxygens (including phenoxy) is 2. The molecule has 1 heterocycles. The Hall–Kier alpha value is -1.88. The minimum Gasteiger partial charge on any atom is -0.467 e. The van der Waals surface area contributed by atoms with Crippen LogP contribution in [0.1, 0.15) is 24.4 Å². The summed E-state index contributed by atoms with van der Waals surface area (Å²) >= 11 is 0. The summed E-state index contributed by atoms with van der Waals surface area (Å²) in [6, 6.07) is 8.23. The standard InChI is InChI=1S/C14H17NO4/c1-18-14(17)12(10-6-3-2-4-7-10)15-13(16)11-8-5-9-19-11/h2-4,6-7,11-12H,5,8-9H2,1H3,(H,15,16). The summed E-state index contributed by atoms with van der Waals surface area (Å²) in [5.74, 6) is -0.755. The molecule has 0 saturated carbocycles. The van der Waals surface area contributed by atoms with Crippen LogP contribution >= 0.6 is 0 Å². The number of amides is 1. The molecule has 1 aliphatic heterocycles. The second-order valence-electron chi connectivity index (χ2n) is 4.38. The first-order valence-corrected chi connectivity index (χ1v) is 6.27. The van der Waals surface area contributed by atoms with Crippen LogP contribution in [0.3, 0.4) is 0 Å². The molecule has 19 heavy (non-hydrogen) atoms. The molecule has 1 saturated heterocycles.